The Hall–Kier alpha value is -3.34. The van der Waals surface area contributed by atoms with Crippen LogP contribution < -0.4 is 15.4 Å². The molecule has 0 aliphatic heterocycles. The van der Waals surface area contributed by atoms with E-state index >= 15 is 0 Å². The van der Waals surface area contributed by atoms with E-state index in [0.29, 0.717) is 125 Å². The van der Waals surface area contributed by atoms with E-state index in [2.05, 4.69) is 10.6 Å². The molecule has 0 aliphatic rings. The quantitative estimate of drug-likeness (QED) is 0.113. The van der Waals surface area contributed by atoms with Gasteiger partial charge in [0.1, 0.15) is 19.0 Å². The summed E-state index contributed by atoms with van der Waals surface area (Å²) in [6.45, 7) is 9.92. The molecule has 2 rings (SSSR count). The zero-order valence-corrected chi connectivity index (χ0v) is 28.0. The molecule has 0 atom stereocenters. The summed E-state index contributed by atoms with van der Waals surface area (Å²) in [6.07, 6.45) is -0.472. The molecule has 0 radical (unpaired) electrons. The molecule has 0 saturated heterocycles. The van der Waals surface area contributed by atoms with Crippen LogP contribution in [0, 0.1) is 0 Å². The molecule has 270 valence electrons. The van der Waals surface area contributed by atoms with Crippen LogP contribution in [0.3, 0.4) is 0 Å². The number of alkyl carbamates (subject to hydrolysis) is 1. The Bertz CT molecular complexity index is 1050. The highest BCUT2D eigenvalue weighted by Crippen LogP contribution is 2.15. The molecule has 0 aliphatic carbocycles. The largest absolute Gasteiger partial charge is 0.491 e. The summed E-state index contributed by atoms with van der Waals surface area (Å²) in [5, 5.41) is 5.35. The van der Waals surface area contributed by atoms with Gasteiger partial charge in [-0.25, -0.2) is 4.79 Å². The lowest BCUT2D eigenvalue weighted by Gasteiger charge is -2.09. The van der Waals surface area contributed by atoms with Crippen LogP contribution in [-0.2, 0) is 54.0 Å². The third-order valence-electron chi connectivity index (χ3n) is 6.00. The van der Waals surface area contributed by atoms with Crippen molar-refractivity contribution in [3.05, 3.63) is 60.2 Å². The summed E-state index contributed by atoms with van der Waals surface area (Å²) in [6, 6.07) is 16.7. The summed E-state index contributed by atoms with van der Waals surface area (Å²) in [7, 11) is 0. The van der Waals surface area contributed by atoms with Gasteiger partial charge in [-0.3, -0.25) is 4.79 Å². The van der Waals surface area contributed by atoms with Crippen LogP contribution >= 0.6 is 0 Å². The number of hydrogen-bond acceptors (Lipinski definition) is 12. The summed E-state index contributed by atoms with van der Waals surface area (Å²) in [5.74, 6) is 0.601. The number of carbonyl (C=O) groups is 2. The number of benzene rings is 2. The molecule has 0 spiro atoms. The number of hydrogen-bond donors (Lipinski definition) is 2. The topological polar surface area (TPSA) is 151 Å². The van der Waals surface area contributed by atoms with E-state index in [1.165, 1.54) is 6.92 Å². The van der Waals surface area contributed by atoms with Crippen LogP contribution in [0.1, 0.15) is 12.5 Å². The lowest BCUT2D eigenvalue weighted by Crippen LogP contribution is -2.28. The molecule has 14 nitrogen and oxygen atoms in total. The Morgan fingerprint density at radius 3 is 1.38 bits per heavy atom. The van der Waals surface area contributed by atoms with Gasteiger partial charge in [0.05, 0.1) is 106 Å². The summed E-state index contributed by atoms with van der Waals surface area (Å²) in [4.78, 5) is 22.7. The summed E-state index contributed by atoms with van der Waals surface area (Å²) in [5.41, 5.74) is 1.66. The molecule has 14 heteroatoms. The molecule has 0 saturated carbocycles. The Balaban J connectivity index is 1.18. The Kier molecular flexibility index (Phi) is 25.3. The molecule has 0 aromatic heterocycles. The first kappa shape index (κ1) is 40.8. The van der Waals surface area contributed by atoms with Crippen LogP contribution in [0.25, 0.3) is 0 Å². The highest BCUT2D eigenvalue weighted by atomic mass is 16.6. The van der Waals surface area contributed by atoms with Crippen molar-refractivity contribution >= 4 is 17.7 Å². The summed E-state index contributed by atoms with van der Waals surface area (Å²) < 4.78 is 54.4. The minimum atomic E-state index is -0.472. The number of ether oxygens (including phenoxy) is 10. The fourth-order valence-corrected chi connectivity index (χ4v) is 3.70. The van der Waals surface area contributed by atoms with Crippen molar-refractivity contribution < 1.29 is 57.0 Å². The first-order valence-electron chi connectivity index (χ1n) is 16.2. The standard InChI is InChI=1S/C34H52N2O12/c1-30(37)36-32-7-9-33(10-8-32)47-28-27-46-26-25-45-24-23-44-22-21-43-20-19-42-18-17-41-16-15-40-14-13-39-12-11-35-34(38)48-29-31-5-3-2-4-6-31/h2-10H,11-29H2,1H3,(H,35,38)(H,36,37). The predicted molar refractivity (Wildman–Crippen MR) is 177 cm³/mol. The van der Waals surface area contributed by atoms with Crippen LogP contribution in [0.15, 0.2) is 54.6 Å². The van der Waals surface area contributed by atoms with Gasteiger partial charge in [0, 0.05) is 19.2 Å². The molecule has 2 aromatic carbocycles. The van der Waals surface area contributed by atoms with E-state index in [0.717, 1.165) is 11.3 Å². The van der Waals surface area contributed by atoms with E-state index in [4.69, 9.17) is 47.4 Å². The lowest BCUT2D eigenvalue weighted by molar-refractivity contribution is -0.114. The second-order valence-electron chi connectivity index (χ2n) is 9.94. The smallest absolute Gasteiger partial charge is 0.407 e. The van der Waals surface area contributed by atoms with Crippen molar-refractivity contribution in [2.24, 2.45) is 0 Å². The lowest BCUT2D eigenvalue weighted by atomic mass is 10.2. The maximum atomic E-state index is 11.6. The van der Waals surface area contributed by atoms with E-state index in [-0.39, 0.29) is 12.5 Å². The van der Waals surface area contributed by atoms with Gasteiger partial charge in [-0.2, -0.15) is 0 Å². The Morgan fingerprint density at radius 2 is 0.938 bits per heavy atom. The summed E-state index contributed by atoms with van der Waals surface area (Å²) >= 11 is 0. The Labute approximate surface area is 283 Å². The minimum Gasteiger partial charge on any atom is -0.491 e. The molecule has 0 unspecified atom stereocenters. The number of carbonyl (C=O) groups excluding carboxylic acids is 2. The van der Waals surface area contributed by atoms with Gasteiger partial charge in [0.25, 0.3) is 0 Å². The van der Waals surface area contributed by atoms with E-state index < -0.39 is 6.09 Å². The third-order valence-corrected chi connectivity index (χ3v) is 6.00. The zero-order chi connectivity index (χ0) is 34.2. The maximum Gasteiger partial charge on any atom is 0.407 e. The molecule has 2 amide bonds. The van der Waals surface area contributed by atoms with Crippen LogP contribution in [0.4, 0.5) is 10.5 Å². The van der Waals surface area contributed by atoms with Crippen molar-refractivity contribution in [1.29, 1.82) is 0 Å². The van der Waals surface area contributed by atoms with Gasteiger partial charge in [-0.15, -0.1) is 0 Å². The molecule has 0 bridgehead atoms. The average molecular weight is 681 g/mol. The average Bonchev–Trinajstić information content (AvgIpc) is 3.09. The first-order chi connectivity index (χ1) is 23.6. The van der Waals surface area contributed by atoms with Gasteiger partial charge in [-0.1, -0.05) is 30.3 Å². The molecular weight excluding hydrogens is 628 g/mol. The highest BCUT2D eigenvalue weighted by molar-refractivity contribution is 5.88. The monoisotopic (exact) mass is 680 g/mol. The van der Waals surface area contributed by atoms with Crippen LogP contribution in [0.2, 0.25) is 0 Å². The molecule has 2 aromatic rings. The van der Waals surface area contributed by atoms with E-state index in [9.17, 15) is 9.59 Å². The van der Waals surface area contributed by atoms with Crippen molar-refractivity contribution in [3.8, 4) is 5.75 Å². The second-order valence-corrected chi connectivity index (χ2v) is 9.94. The number of amides is 2. The fraction of sp³-hybridized carbons (Fsp3) is 0.588. The van der Waals surface area contributed by atoms with Crippen LogP contribution in [0.5, 0.6) is 5.75 Å². The van der Waals surface area contributed by atoms with Gasteiger partial charge in [0.2, 0.25) is 5.91 Å². The number of nitrogens with one attached hydrogen (secondary N) is 2. The third kappa shape index (κ3) is 24.8. The normalized spacial score (nSPS) is 10.9. The maximum absolute atomic E-state index is 11.6. The fourth-order valence-electron chi connectivity index (χ4n) is 3.70. The molecule has 0 fully saturated rings. The van der Waals surface area contributed by atoms with Crippen molar-refractivity contribution in [2.45, 2.75) is 13.5 Å². The van der Waals surface area contributed by atoms with Gasteiger partial charge in [0.15, 0.2) is 0 Å². The predicted octanol–water partition coefficient (Wildman–Crippen LogP) is 3.08. The van der Waals surface area contributed by atoms with E-state index in [1.807, 2.05) is 30.3 Å². The van der Waals surface area contributed by atoms with Crippen molar-refractivity contribution in [2.75, 3.05) is 124 Å². The van der Waals surface area contributed by atoms with E-state index in [1.54, 1.807) is 24.3 Å². The van der Waals surface area contributed by atoms with Crippen molar-refractivity contribution in [1.82, 2.24) is 5.32 Å². The molecule has 2 N–H and O–H groups in total. The van der Waals surface area contributed by atoms with Crippen molar-refractivity contribution in [3.63, 3.8) is 0 Å². The first-order valence-corrected chi connectivity index (χ1v) is 16.2. The SMILES string of the molecule is CC(=O)Nc1ccc(OCCOCCOCCOCCOCCOCCOCCOCCOCCNC(=O)OCc2ccccc2)cc1. The number of rotatable bonds is 31. The zero-order valence-electron chi connectivity index (χ0n) is 28.0. The molecule has 0 heterocycles. The second kappa shape index (κ2) is 29.8. The molecule has 48 heavy (non-hydrogen) atoms. The van der Waals surface area contributed by atoms with Crippen LogP contribution in [-0.4, -0.2) is 131 Å². The minimum absolute atomic E-state index is 0.111. The molecular formula is C34H52N2O12. The highest BCUT2D eigenvalue weighted by Gasteiger charge is 2.02. The van der Waals surface area contributed by atoms with Gasteiger partial charge >= 0.3 is 6.09 Å². The number of anilines is 1. The Morgan fingerprint density at radius 1 is 0.521 bits per heavy atom. The van der Waals surface area contributed by atoms with Gasteiger partial charge < -0.3 is 58.0 Å². The van der Waals surface area contributed by atoms with Gasteiger partial charge in [-0.05, 0) is 29.8 Å².